The van der Waals surface area contributed by atoms with Crippen LogP contribution in [0.5, 0.6) is 0 Å². The third-order valence-electron chi connectivity index (χ3n) is 7.50. The molecule has 3 saturated heterocycles. The lowest BCUT2D eigenvalue weighted by molar-refractivity contribution is -0.148. The van der Waals surface area contributed by atoms with Gasteiger partial charge in [-0.2, -0.15) is 9.61 Å². The number of benzene rings is 1. The number of aryl methyl sites for hydroxylation is 1. The standard InChI is InChI=1S/C24H28N6O/c1-16-10-22(24-26-25-15-29(24)27-16)28-13-18-12-19(14-28)21(11-17-6-3-2-4-7-17)30-20(18)8-5-9-23(30)31/h2-4,6-7,10,15,18-21H,5,8-9,11-14H2,1H3/t18-,19+,20+,21+/m1/s1. The Kier molecular flexibility index (Phi) is 4.44. The van der Waals surface area contributed by atoms with Crippen molar-refractivity contribution in [2.45, 2.75) is 51.1 Å². The van der Waals surface area contributed by atoms with Crippen molar-refractivity contribution in [3.63, 3.8) is 0 Å². The van der Waals surface area contributed by atoms with Crippen molar-refractivity contribution in [2.24, 2.45) is 11.8 Å². The molecular weight excluding hydrogens is 388 g/mol. The maximum Gasteiger partial charge on any atom is 0.223 e. The van der Waals surface area contributed by atoms with E-state index >= 15 is 0 Å². The van der Waals surface area contributed by atoms with E-state index in [0.717, 1.165) is 49.4 Å². The van der Waals surface area contributed by atoms with E-state index in [1.807, 2.05) is 6.92 Å². The first-order chi connectivity index (χ1) is 15.2. The molecule has 3 aromatic rings. The molecule has 0 aliphatic carbocycles. The molecule has 3 aliphatic rings. The predicted molar refractivity (Wildman–Crippen MR) is 118 cm³/mol. The highest BCUT2D eigenvalue weighted by atomic mass is 16.2. The Bertz CT molecular complexity index is 1110. The minimum atomic E-state index is 0.260. The molecule has 1 aromatic carbocycles. The Hall–Kier alpha value is -2.96. The van der Waals surface area contributed by atoms with Crippen molar-refractivity contribution in [1.29, 1.82) is 0 Å². The lowest BCUT2D eigenvalue weighted by atomic mass is 9.70. The summed E-state index contributed by atoms with van der Waals surface area (Å²) in [7, 11) is 0. The first-order valence-corrected chi connectivity index (χ1v) is 11.4. The number of rotatable bonds is 3. The molecule has 0 spiro atoms. The van der Waals surface area contributed by atoms with Gasteiger partial charge in [-0.3, -0.25) is 4.79 Å². The number of piperidine rings is 3. The summed E-state index contributed by atoms with van der Waals surface area (Å²) in [6.07, 6.45) is 6.66. The van der Waals surface area contributed by atoms with Crippen molar-refractivity contribution >= 4 is 17.2 Å². The van der Waals surface area contributed by atoms with E-state index in [2.05, 4.69) is 61.5 Å². The van der Waals surface area contributed by atoms with Gasteiger partial charge in [-0.05, 0) is 56.1 Å². The van der Waals surface area contributed by atoms with Crippen molar-refractivity contribution in [2.75, 3.05) is 18.0 Å². The van der Waals surface area contributed by atoms with Crippen LogP contribution in [0.15, 0.2) is 42.7 Å². The number of fused-ring (bicyclic) bond motifs is 5. The van der Waals surface area contributed by atoms with Crippen LogP contribution >= 0.6 is 0 Å². The van der Waals surface area contributed by atoms with Gasteiger partial charge in [0.05, 0.1) is 11.4 Å². The number of aromatic nitrogens is 4. The maximum absolute atomic E-state index is 13.1. The van der Waals surface area contributed by atoms with Gasteiger partial charge in [-0.1, -0.05) is 30.3 Å². The van der Waals surface area contributed by atoms with Crippen LogP contribution in [0.3, 0.4) is 0 Å². The number of hydrogen-bond acceptors (Lipinski definition) is 5. The van der Waals surface area contributed by atoms with Crippen LogP contribution in [-0.4, -0.2) is 55.8 Å². The predicted octanol–water partition coefficient (Wildman–Crippen LogP) is 2.88. The second kappa shape index (κ2) is 7.32. The highest BCUT2D eigenvalue weighted by molar-refractivity contribution is 5.78. The van der Waals surface area contributed by atoms with Gasteiger partial charge in [0.1, 0.15) is 6.33 Å². The van der Waals surface area contributed by atoms with E-state index in [-0.39, 0.29) is 6.04 Å². The van der Waals surface area contributed by atoms with Crippen molar-refractivity contribution in [3.8, 4) is 0 Å². The first-order valence-electron chi connectivity index (χ1n) is 11.4. The molecule has 0 unspecified atom stereocenters. The summed E-state index contributed by atoms with van der Waals surface area (Å²) in [6, 6.07) is 13.4. The average Bonchev–Trinajstić information content (AvgIpc) is 3.25. The van der Waals surface area contributed by atoms with Crippen LogP contribution in [0, 0.1) is 18.8 Å². The van der Waals surface area contributed by atoms with Crippen molar-refractivity contribution < 1.29 is 4.79 Å². The number of nitrogens with zero attached hydrogens (tertiary/aromatic N) is 6. The van der Waals surface area contributed by atoms with E-state index in [1.165, 1.54) is 12.0 Å². The summed E-state index contributed by atoms with van der Waals surface area (Å²) >= 11 is 0. The number of carbonyl (C=O) groups excluding carboxylic acids is 1. The highest BCUT2D eigenvalue weighted by Gasteiger charge is 2.49. The Morgan fingerprint density at radius 1 is 1.13 bits per heavy atom. The monoisotopic (exact) mass is 416 g/mol. The minimum Gasteiger partial charge on any atom is -0.368 e. The lowest BCUT2D eigenvalue weighted by Crippen LogP contribution is -2.65. The third kappa shape index (κ3) is 3.18. The second-order valence-corrected chi connectivity index (χ2v) is 9.45. The van der Waals surface area contributed by atoms with Crippen LogP contribution in [0.2, 0.25) is 0 Å². The smallest absolute Gasteiger partial charge is 0.223 e. The fourth-order valence-electron chi connectivity index (χ4n) is 6.26. The molecule has 0 radical (unpaired) electrons. The molecule has 3 aliphatic heterocycles. The average molecular weight is 417 g/mol. The molecule has 160 valence electrons. The van der Waals surface area contributed by atoms with Crippen LogP contribution in [0.25, 0.3) is 5.65 Å². The van der Waals surface area contributed by atoms with Gasteiger partial charge in [0.2, 0.25) is 11.6 Å². The van der Waals surface area contributed by atoms with Gasteiger partial charge in [-0.15, -0.1) is 10.2 Å². The van der Waals surface area contributed by atoms with Crippen LogP contribution in [0.1, 0.15) is 36.9 Å². The quantitative estimate of drug-likeness (QED) is 0.657. The zero-order valence-electron chi connectivity index (χ0n) is 17.9. The van der Waals surface area contributed by atoms with Crippen LogP contribution < -0.4 is 4.90 Å². The van der Waals surface area contributed by atoms with Gasteiger partial charge in [-0.25, -0.2) is 0 Å². The summed E-state index contributed by atoms with van der Waals surface area (Å²) in [5.74, 6) is 1.32. The summed E-state index contributed by atoms with van der Waals surface area (Å²) < 4.78 is 1.78. The molecule has 1 amide bonds. The minimum absolute atomic E-state index is 0.260. The number of carbonyl (C=O) groups is 1. The summed E-state index contributed by atoms with van der Waals surface area (Å²) in [5.41, 5.74) is 4.23. The molecule has 5 heterocycles. The van der Waals surface area contributed by atoms with E-state index in [9.17, 15) is 4.79 Å². The molecule has 7 nitrogen and oxygen atoms in total. The molecule has 4 atom stereocenters. The first kappa shape index (κ1) is 18.8. The molecule has 0 saturated carbocycles. The van der Waals surface area contributed by atoms with Crippen molar-refractivity contribution in [3.05, 3.63) is 54.0 Å². The van der Waals surface area contributed by atoms with Gasteiger partial charge < -0.3 is 9.80 Å². The number of anilines is 1. The second-order valence-electron chi connectivity index (χ2n) is 9.45. The number of hydrogen-bond donors (Lipinski definition) is 0. The Labute approximate surface area is 182 Å². The molecular formula is C24H28N6O. The maximum atomic E-state index is 13.1. The molecule has 7 heteroatoms. The molecule has 0 N–H and O–H groups in total. The third-order valence-corrected chi connectivity index (χ3v) is 7.50. The SMILES string of the molecule is Cc1cc(N2C[C@H]3C[C@@H](C2)[C@H](Cc2ccccc2)N2C(=O)CCC[C@@H]32)c2nncn2n1. The van der Waals surface area contributed by atoms with Gasteiger partial charge in [0.25, 0.3) is 0 Å². The largest absolute Gasteiger partial charge is 0.368 e. The van der Waals surface area contributed by atoms with E-state index in [4.69, 9.17) is 0 Å². The molecule has 6 rings (SSSR count). The fourth-order valence-corrected chi connectivity index (χ4v) is 6.26. The van der Waals surface area contributed by atoms with E-state index < -0.39 is 0 Å². The van der Waals surface area contributed by atoms with Gasteiger partial charge in [0, 0.05) is 31.6 Å². The zero-order chi connectivity index (χ0) is 20.9. The summed E-state index contributed by atoms with van der Waals surface area (Å²) in [5, 5.41) is 13.0. The molecule has 3 fully saturated rings. The molecule has 2 bridgehead atoms. The van der Waals surface area contributed by atoms with E-state index in [1.54, 1.807) is 10.8 Å². The normalized spacial score (nSPS) is 28.1. The zero-order valence-corrected chi connectivity index (χ0v) is 17.9. The topological polar surface area (TPSA) is 66.6 Å². The Morgan fingerprint density at radius 3 is 2.84 bits per heavy atom. The Morgan fingerprint density at radius 2 is 1.97 bits per heavy atom. The fraction of sp³-hybridized carbons (Fsp3) is 0.500. The van der Waals surface area contributed by atoms with Gasteiger partial charge >= 0.3 is 0 Å². The molecule has 2 aromatic heterocycles. The van der Waals surface area contributed by atoms with Crippen molar-refractivity contribution in [1.82, 2.24) is 24.7 Å². The number of amides is 1. The lowest BCUT2D eigenvalue weighted by Gasteiger charge is -2.57. The Balaban J connectivity index is 1.38. The highest BCUT2D eigenvalue weighted by Crippen LogP contribution is 2.43. The summed E-state index contributed by atoms with van der Waals surface area (Å²) in [4.78, 5) is 17.9. The molecule has 31 heavy (non-hydrogen) atoms. The van der Waals surface area contributed by atoms with Gasteiger partial charge in [0.15, 0.2) is 0 Å². The van der Waals surface area contributed by atoms with Crippen LogP contribution in [0.4, 0.5) is 5.69 Å². The summed E-state index contributed by atoms with van der Waals surface area (Å²) in [6.45, 7) is 3.93. The van der Waals surface area contributed by atoms with Crippen LogP contribution in [-0.2, 0) is 11.2 Å². The van der Waals surface area contributed by atoms with E-state index in [0.29, 0.717) is 30.2 Å².